The average Bonchev–Trinajstić information content (AvgIpc) is 2.55. The zero-order valence-electron chi connectivity index (χ0n) is 12.6. The number of sulfonamides is 1. The normalized spacial score (nSPS) is 11.7. The second kappa shape index (κ2) is 7.23. The van der Waals surface area contributed by atoms with Crippen molar-refractivity contribution in [3.05, 3.63) is 64.7 Å². The third-order valence-electron chi connectivity index (χ3n) is 3.40. The highest BCUT2D eigenvalue weighted by Gasteiger charge is 2.23. The molecule has 23 heavy (non-hydrogen) atoms. The number of nitrogens with zero attached hydrogens (tertiary/aromatic N) is 1. The molecule has 5 nitrogen and oxygen atoms in total. The summed E-state index contributed by atoms with van der Waals surface area (Å²) in [6.07, 6.45) is 0. The van der Waals surface area contributed by atoms with Gasteiger partial charge in [0.15, 0.2) is 5.78 Å². The number of ketones is 1. The number of hydrogen-bond acceptors (Lipinski definition) is 4. The molecule has 0 aliphatic carbocycles. The van der Waals surface area contributed by atoms with Gasteiger partial charge in [-0.05, 0) is 42.0 Å². The van der Waals surface area contributed by atoms with E-state index in [2.05, 4.69) is 0 Å². The Hall–Kier alpha value is -1.73. The average molecular weight is 353 g/mol. The van der Waals surface area contributed by atoms with Gasteiger partial charge in [0.25, 0.3) is 0 Å². The van der Waals surface area contributed by atoms with Gasteiger partial charge in [-0.1, -0.05) is 23.7 Å². The summed E-state index contributed by atoms with van der Waals surface area (Å²) in [4.78, 5) is 12.3. The molecule has 0 saturated carbocycles. The number of likely N-dealkylation sites (N-methyl/N-ethyl adjacent to an activating group) is 1. The summed E-state index contributed by atoms with van der Waals surface area (Å²) in [5, 5.41) is 0.516. The van der Waals surface area contributed by atoms with E-state index in [0.29, 0.717) is 17.1 Å². The minimum Gasteiger partial charge on any atom is -0.326 e. The smallest absolute Gasteiger partial charge is 0.243 e. The minimum absolute atomic E-state index is 0.126. The number of hydrogen-bond donors (Lipinski definition) is 1. The second-order valence-electron chi connectivity index (χ2n) is 5.04. The van der Waals surface area contributed by atoms with Crippen LogP contribution in [0.3, 0.4) is 0 Å². The summed E-state index contributed by atoms with van der Waals surface area (Å²) in [6.45, 7) is 0.0911. The molecular formula is C16H17ClN2O3S. The van der Waals surface area contributed by atoms with Crippen LogP contribution in [0.5, 0.6) is 0 Å². The third-order valence-corrected chi connectivity index (χ3v) is 5.47. The predicted octanol–water partition coefficient (Wildman–Crippen LogP) is 2.30. The van der Waals surface area contributed by atoms with Crippen molar-refractivity contribution in [3.8, 4) is 0 Å². The molecule has 0 amide bonds. The van der Waals surface area contributed by atoms with E-state index in [4.69, 9.17) is 17.3 Å². The van der Waals surface area contributed by atoms with Gasteiger partial charge in [-0.15, -0.1) is 0 Å². The van der Waals surface area contributed by atoms with Crippen molar-refractivity contribution in [2.75, 3.05) is 13.6 Å². The lowest BCUT2D eigenvalue weighted by molar-refractivity contribution is 0.0973. The lowest BCUT2D eigenvalue weighted by Gasteiger charge is -2.16. The lowest BCUT2D eigenvalue weighted by atomic mass is 10.1. The first-order chi connectivity index (χ1) is 10.8. The van der Waals surface area contributed by atoms with Crippen molar-refractivity contribution in [2.45, 2.75) is 11.4 Å². The van der Waals surface area contributed by atoms with Crippen LogP contribution < -0.4 is 5.73 Å². The van der Waals surface area contributed by atoms with E-state index in [1.165, 1.54) is 19.2 Å². The Labute approximate surface area is 140 Å². The van der Waals surface area contributed by atoms with Crippen LogP contribution in [0, 0.1) is 0 Å². The van der Waals surface area contributed by atoms with Crippen LogP contribution >= 0.6 is 11.6 Å². The number of carbonyl (C=O) groups excluding carboxylic acids is 1. The van der Waals surface area contributed by atoms with Crippen LogP contribution in [0.2, 0.25) is 5.02 Å². The molecule has 0 fully saturated rings. The van der Waals surface area contributed by atoms with E-state index in [1.807, 2.05) is 0 Å². The summed E-state index contributed by atoms with van der Waals surface area (Å²) < 4.78 is 26.0. The molecule has 2 N–H and O–H groups in total. The summed E-state index contributed by atoms with van der Waals surface area (Å²) in [5.41, 5.74) is 6.74. The van der Waals surface area contributed by atoms with Gasteiger partial charge in [-0.25, -0.2) is 8.42 Å². The predicted molar refractivity (Wildman–Crippen MR) is 89.9 cm³/mol. The van der Waals surface area contributed by atoms with Crippen LogP contribution in [0.4, 0.5) is 0 Å². The number of rotatable bonds is 6. The van der Waals surface area contributed by atoms with E-state index in [1.54, 1.807) is 36.4 Å². The van der Waals surface area contributed by atoms with Crippen LogP contribution in [-0.4, -0.2) is 32.1 Å². The van der Waals surface area contributed by atoms with Crippen molar-refractivity contribution < 1.29 is 13.2 Å². The molecule has 0 spiro atoms. The standard InChI is InChI=1S/C16H17ClN2O3S/c1-19(11-16(20)13-4-6-14(17)7-5-13)23(21,22)15-8-2-12(10-18)3-9-15/h2-9H,10-11,18H2,1H3. The van der Waals surface area contributed by atoms with Crippen molar-refractivity contribution in [3.63, 3.8) is 0 Å². The third kappa shape index (κ3) is 4.17. The Kier molecular flexibility index (Phi) is 5.54. The maximum absolute atomic E-state index is 12.5. The van der Waals surface area contributed by atoms with Crippen molar-refractivity contribution in [1.82, 2.24) is 4.31 Å². The molecule has 2 aromatic rings. The molecular weight excluding hydrogens is 336 g/mol. The first-order valence-corrected chi connectivity index (χ1v) is 8.70. The van der Waals surface area contributed by atoms with Crippen LogP contribution in [0.15, 0.2) is 53.4 Å². The Morgan fingerprint density at radius 1 is 1.09 bits per heavy atom. The second-order valence-corrected chi connectivity index (χ2v) is 7.52. The molecule has 2 aromatic carbocycles. The fourth-order valence-electron chi connectivity index (χ4n) is 1.99. The van der Waals surface area contributed by atoms with E-state index >= 15 is 0 Å². The number of halogens is 1. The van der Waals surface area contributed by atoms with Crippen molar-refractivity contribution in [1.29, 1.82) is 0 Å². The van der Waals surface area contributed by atoms with E-state index in [9.17, 15) is 13.2 Å². The molecule has 0 radical (unpaired) electrons. The summed E-state index contributed by atoms with van der Waals surface area (Å²) >= 11 is 5.77. The van der Waals surface area contributed by atoms with Gasteiger partial charge in [0.1, 0.15) is 0 Å². The maximum Gasteiger partial charge on any atom is 0.243 e. The Bertz CT molecular complexity index is 787. The van der Waals surface area contributed by atoms with Crippen molar-refractivity contribution in [2.24, 2.45) is 5.73 Å². The van der Waals surface area contributed by atoms with Crippen LogP contribution in [0.25, 0.3) is 0 Å². The number of benzene rings is 2. The van der Waals surface area contributed by atoms with Gasteiger partial charge >= 0.3 is 0 Å². The van der Waals surface area contributed by atoms with Gasteiger partial charge in [-0.3, -0.25) is 4.79 Å². The van der Waals surface area contributed by atoms with E-state index < -0.39 is 10.0 Å². The highest BCUT2D eigenvalue weighted by molar-refractivity contribution is 7.89. The fourth-order valence-corrected chi connectivity index (χ4v) is 3.24. The number of Topliss-reactive ketones (excluding diaryl/α,β-unsaturated/α-hetero) is 1. The van der Waals surface area contributed by atoms with Crippen LogP contribution in [-0.2, 0) is 16.6 Å². The van der Waals surface area contributed by atoms with Crippen molar-refractivity contribution >= 4 is 27.4 Å². The first kappa shape index (κ1) is 17.6. The summed E-state index contributed by atoms with van der Waals surface area (Å²) in [6, 6.07) is 12.6. The molecule has 0 heterocycles. The first-order valence-electron chi connectivity index (χ1n) is 6.88. The molecule has 0 aliphatic rings. The Morgan fingerprint density at radius 3 is 2.17 bits per heavy atom. The van der Waals surface area contributed by atoms with Gasteiger partial charge in [0.2, 0.25) is 10.0 Å². The largest absolute Gasteiger partial charge is 0.326 e. The molecule has 122 valence electrons. The summed E-state index contributed by atoms with van der Waals surface area (Å²) in [7, 11) is -2.35. The molecule has 2 rings (SSSR count). The SMILES string of the molecule is CN(CC(=O)c1ccc(Cl)cc1)S(=O)(=O)c1ccc(CN)cc1. The van der Waals surface area contributed by atoms with Gasteiger partial charge in [0.05, 0.1) is 11.4 Å². The molecule has 0 aromatic heterocycles. The van der Waals surface area contributed by atoms with Gasteiger partial charge in [-0.2, -0.15) is 4.31 Å². The molecule has 0 unspecified atom stereocenters. The summed E-state index contributed by atoms with van der Waals surface area (Å²) in [5.74, 6) is -0.300. The van der Waals surface area contributed by atoms with E-state index in [0.717, 1.165) is 9.87 Å². The van der Waals surface area contributed by atoms with Gasteiger partial charge < -0.3 is 5.73 Å². The highest BCUT2D eigenvalue weighted by atomic mass is 35.5. The topological polar surface area (TPSA) is 80.5 Å². The van der Waals surface area contributed by atoms with Crippen LogP contribution in [0.1, 0.15) is 15.9 Å². The minimum atomic E-state index is -3.73. The number of nitrogens with two attached hydrogens (primary N) is 1. The number of carbonyl (C=O) groups is 1. The fraction of sp³-hybridized carbons (Fsp3) is 0.188. The zero-order valence-corrected chi connectivity index (χ0v) is 14.1. The monoisotopic (exact) mass is 352 g/mol. The van der Waals surface area contributed by atoms with E-state index in [-0.39, 0.29) is 17.2 Å². The molecule has 0 saturated heterocycles. The van der Waals surface area contributed by atoms with Gasteiger partial charge in [0, 0.05) is 24.2 Å². The zero-order chi connectivity index (χ0) is 17.0. The molecule has 7 heteroatoms. The molecule has 0 atom stereocenters. The molecule has 0 bridgehead atoms. The highest BCUT2D eigenvalue weighted by Crippen LogP contribution is 2.16. The lowest BCUT2D eigenvalue weighted by Crippen LogP contribution is -2.32. The Morgan fingerprint density at radius 2 is 1.65 bits per heavy atom. The quantitative estimate of drug-likeness (QED) is 0.809. The molecule has 0 aliphatic heterocycles. The Balaban J connectivity index is 2.15. The maximum atomic E-state index is 12.5.